The lowest BCUT2D eigenvalue weighted by Gasteiger charge is -2.26. The quantitative estimate of drug-likeness (QED) is 0.757. The molecule has 0 aliphatic rings. The average molecular weight is 264 g/mol. The van der Waals surface area contributed by atoms with E-state index in [1.54, 1.807) is 0 Å². The van der Waals surface area contributed by atoms with Crippen LogP contribution in [0.3, 0.4) is 0 Å². The van der Waals surface area contributed by atoms with Crippen LogP contribution in [0.25, 0.3) is 0 Å². The van der Waals surface area contributed by atoms with Gasteiger partial charge in [0.1, 0.15) is 0 Å². The van der Waals surface area contributed by atoms with Crippen molar-refractivity contribution in [3.8, 4) is 0 Å². The van der Waals surface area contributed by atoms with Gasteiger partial charge in [-0.1, -0.05) is 31.5 Å². The van der Waals surface area contributed by atoms with E-state index in [4.69, 9.17) is 0 Å². The Bertz CT molecular complexity index is 348. The monoisotopic (exact) mass is 264 g/mol. The first-order chi connectivity index (χ1) is 9.02. The Morgan fingerprint density at radius 1 is 1.16 bits per heavy atom. The second-order valence-corrected chi connectivity index (χ2v) is 5.58. The molecule has 0 saturated heterocycles. The molecule has 0 aromatic heterocycles. The molecule has 1 rings (SSSR count). The maximum atomic E-state index is 10.1. The van der Waals surface area contributed by atoms with Crippen molar-refractivity contribution < 1.29 is 5.11 Å². The molecule has 1 unspecified atom stereocenters. The van der Waals surface area contributed by atoms with Gasteiger partial charge in [-0.3, -0.25) is 0 Å². The van der Waals surface area contributed by atoms with Crippen LogP contribution in [-0.2, 0) is 0 Å². The van der Waals surface area contributed by atoms with E-state index in [2.05, 4.69) is 62.2 Å². The highest BCUT2D eigenvalue weighted by Gasteiger charge is 2.10. The fourth-order valence-electron chi connectivity index (χ4n) is 2.03. The summed E-state index contributed by atoms with van der Waals surface area (Å²) in [5.41, 5.74) is 2.44. The number of likely N-dealkylation sites (N-methyl/N-ethyl adjacent to an activating group) is 1. The van der Waals surface area contributed by atoms with Crippen LogP contribution in [-0.4, -0.2) is 37.4 Å². The van der Waals surface area contributed by atoms with Gasteiger partial charge < -0.3 is 15.3 Å². The molecule has 0 heterocycles. The molecule has 0 fully saturated rings. The molecule has 0 spiro atoms. The summed E-state index contributed by atoms with van der Waals surface area (Å²) in [6.07, 6.45) is -0.333. The number of aliphatic hydroxyl groups excluding tert-OH is 1. The third kappa shape index (κ3) is 6.08. The molecule has 3 heteroatoms. The molecule has 1 aromatic rings. The highest BCUT2D eigenvalue weighted by atomic mass is 16.3. The van der Waals surface area contributed by atoms with E-state index in [0.29, 0.717) is 19.0 Å². The van der Waals surface area contributed by atoms with Crippen molar-refractivity contribution in [2.75, 3.05) is 31.1 Å². The molecular weight excluding hydrogens is 236 g/mol. The first kappa shape index (κ1) is 16.0. The lowest BCUT2D eigenvalue weighted by atomic mass is 10.2. The van der Waals surface area contributed by atoms with Crippen molar-refractivity contribution in [3.63, 3.8) is 0 Å². The lowest BCUT2D eigenvalue weighted by molar-refractivity contribution is 0.175. The summed E-state index contributed by atoms with van der Waals surface area (Å²) in [6, 6.07) is 8.46. The van der Waals surface area contributed by atoms with Crippen molar-refractivity contribution in [3.05, 3.63) is 29.8 Å². The van der Waals surface area contributed by atoms with Crippen molar-refractivity contribution in [1.82, 2.24) is 5.32 Å². The van der Waals surface area contributed by atoms with Crippen LogP contribution in [0.2, 0.25) is 0 Å². The number of hydrogen-bond donors (Lipinski definition) is 2. The predicted octanol–water partition coefficient (Wildman–Crippen LogP) is 2.43. The minimum Gasteiger partial charge on any atom is -0.390 e. The third-order valence-corrected chi connectivity index (χ3v) is 3.14. The summed E-state index contributed by atoms with van der Waals surface area (Å²) < 4.78 is 0. The van der Waals surface area contributed by atoms with E-state index >= 15 is 0 Å². The van der Waals surface area contributed by atoms with Gasteiger partial charge in [0.05, 0.1) is 6.10 Å². The van der Waals surface area contributed by atoms with Crippen LogP contribution in [0.4, 0.5) is 5.69 Å². The van der Waals surface area contributed by atoms with Crippen LogP contribution in [0.5, 0.6) is 0 Å². The molecule has 1 atom stereocenters. The summed E-state index contributed by atoms with van der Waals surface area (Å²) in [6.45, 7) is 11.7. The highest BCUT2D eigenvalue weighted by Crippen LogP contribution is 2.15. The fraction of sp³-hybridized carbons (Fsp3) is 0.625. The standard InChI is InChI=1S/C16H28N2O/c1-5-18(15-8-6-14(4)7-9-15)12-16(19)11-17-10-13(2)3/h6-9,13,16-17,19H,5,10-12H2,1-4H3. The maximum absolute atomic E-state index is 10.1. The van der Waals surface area contributed by atoms with Gasteiger partial charge in [0.25, 0.3) is 0 Å². The van der Waals surface area contributed by atoms with E-state index < -0.39 is 0 Å². The van der Waals surface area contributed by atoms with Gasteiger partial charge in [0.15, 0.2) is 0 Å². The predicted molar refractivity (Wildman–Crippen MR) is 82.8 cm³/mol. The van der Waals surface area contributed by atoms with Gasteiger partial charge in [-0.15, -0.1) is 0 Å². The van der Waals surface area contributed by atoms with E-state index in [0.717, 1.165) is 13.1 Å². The normalized spacial score (nSPS) is 12.7. The lowest BCUT2D eigenvalue weighted by Crippen LogP contribution is -2.39. The van der Waals surface area contributed by atoms with Crippen molar-refractivity contribution in [2.24, 2.45) is 5.92 Å². The Balaban J connectivity index is 2.45. The zero-order valence-electron chi connectivity index (χ0n) is 12.7. The largest absolute Gasteiger partial charge is 0.390 e. The number of aliphatic hydroxyl groups is 1. The van der Waals surface area contributed by atoms with Gasteiger partial charge in [-0.05, 0) is 38.4 Å². The van der Waals surface area contributed by atoms with E-state index in [-0.39, 0.29) is 6.10 Å². The number of hydrogen-bond acceptors (Lipinski definition) is 3. The summed E-state index contributed by atoms with van der Waals surface area (Å²) in [7, 11) is 0. The van der Waals surface area contributed by atoms with Gasteiger partial charge in [0.2, 0.25) is 0 Å². The molecular formula is C16H28N2O. The minimum absolute atomic E-state index is 0.333. The first-order valence-electron chi connectivity index (χ1n) is 7.23. The van der Waals surface area contributed by atoms with Gasteiger partial charge in [-0.2, -0.15) is 0 Å². The molecule has 0 aliphatic carbocycles. The first-order valence-corrected chi connectivity index (χ1v) is 7.23. The van der Waals surface area contributed by atoms with Crippen molar-refractivity contribution in [1.29, 1.82) is 0 Å². The Hall–Kier alpha value is -1.06. The smallest absolute Gasteiger partial charge is 0.0839 e. The van der Waals surface area contributed by atoms with Gasteiger partial charge in [0, 0.05) is 25.3 Å². The summed E-state index contributed by atoms with van der Waals surface area (Å²) in [5.74, 6) is 0.617. The second kappa shape index (κ2) is 8.18. The molecule has 0 bridgehead atoms. The van der Waals surface area contributed by atoms with Gasteiger partial charge >= 0.3 is 0 Å². The van der Waals surface area contributed by atoms with Gasteiger partial charge in [-0.25, -0.2) is 0 Å². The molecule has 2 N–H and O–H groups in total. The Kier molecular flexibility index (Phi) is 6.89. The topological polar surface area (TPSA) is 35.5 Å². The zero-order chi connectivity index (χ0) is 14.3. The van der Waals surface area contributed by atoms with Crippen LogP contribution in [0, 0.1) is 12.8 Å². The number of benzene rings is 1. The fourth-order valence-corrected chi connectivity index (χ4v) is 2.03. The average Bonchev–Trinajstić information content (AvgIpc) is 2.36. The highest BCUT2D eigenvalue weighted by molar-refractivity contribution is 5.47. The van der Waals surface area contributed by atoms with Crippen molar-refractivity contribution in [2.45, 2.75) is 33.8 Å². The number of aryl methyl sites for hydroxylation is 1. The Morgan fingerprint density at radius 2 is 1.79 bits per heavy atom. The SMILES string of the molecule is CCN(CC(O)CNCC(C)C)c1ccc(C)cc1. The molecule has 0 aliphatic heterocycles. The van der Waals surface area contributed by atoms with Crippen LogP contribution >= 0.6 is 0 Å². The number of anilines is 1. The maximum Gasteiger partial charge on any atom is 0.0839 e. The number of nitrogens with one attached hydrogen (secondary N) is 1. The van der Waals surface area contributed by atoms with E-state index in [1.165, 1.54) is 11.3 Å². The molecule has 0 radical (unpaired) electrons. The zero-order valence-corrected chi connectivity index (χ0v) is 12.7. The molecule has 108 valence electrons. The van der Waals surface area contributed by atoms with E-state index in [9.17, 15) is 5.11 Å². The molecule has 3 nitrogen and oxygen atoms in total. The molecule has 0 saturated carbocycles. The third-order valence-electron chi connectivity index (χ3n) is 3.14. The molecule has 19 heavy (non-hydrogen) atoms. The van der Waals surface area contributed by atoms with E-state index in [1.807, 2.05) is 0 Å². The van der Waals surface area contributed by atoms with Crippen LogP contribution < -0.4 is 10.2 Å². The van der Waals surface area contributed by atoms with Crippen LogP contribution in [0.1, 0.15) is 26.3 Å². The Labute approximate surface area is 117 Å². The van der Waals surface area contributed by atoms with Crippen LogP contribution in [0.15, 0.2) is 24.3 Å². The molecule has 0 amide bonds. The summed E-state index contributed by atoms with van der Waals surface area (Å²) in [5, 5.41) is 13.4. The second-order valence-electron chi connectivity index (χ2n) is 5.58. The molecule has 1 aromatic carbocycles. The summed E-state index contributed by atoms with van der Waals surface area (Å²) >= 11 is 0. The van der Waals surface area contributed by atoms with Crippen molar-refractivity contribution >= 4 is 5.69 Å². The number of rotatable bonds is 8. The minimum atomic E-state index is -0.333. The summed E-state index contributed by atoms with van der Waals surface area (Å²) in [4.78, 5) is 2.21. The number of nitrogens with zero attached hydrogens (tertiary/aromatic N) is 1. The Morgan fingerprint density at radius 3 is 2.32 bits per heavy atom.